The molecule has 0 bridgehead atoms. The molecule has 0 spiro atoms. The Hall–Kier alpha value is -2.74. The van der Waals surface area contributed by atoms with Gasteiger partial charge in [0, 0.05) is 7.05 Å². The molecular weight excluding hydrogens is 316 g/mol. The lowest BCUT2D eigenvalue weighted by Gasteiger charge is -2.18. The number of aromatic nitrogens is 2. The molecule has 26 heavy (non-hydrogen) atoms. The first-order valence-electron chi connectivity index (χ1n) is 9.45. The van der Waals surface area contributed by atoms with Crippen molar-refractivity contribution in [3.63, 3.8) is 0 Å². The average Bonchev–Trinajstić information content (AvgIpc) is 2.66. The van der Waals surface area contributed by atoms with E-state index in [0.29, 0.717) is 5.92 Å². The normalized spacial score (nSPS) is 11.6. The van der Waals surface area contributed by atoms with E-state index in [1.807, 2.05) is 7.05 Å². The monoisotopic (exact) mass is 342 g/mol. The number of benzene rings is 3. The summed E-state index contributed by atoms with van der Waals surface area (Å²) in [7, 11) is 2.04. The van der Waals surface area contributed by atoms with Crippen molar-refractivity contribution in [2.45, 2.75) is 33.1 Å². The van der Waals surface area contributed by atoms with Crippen LogP contribution in [-0.4, -0.2) is 9.78 Å². The summed E-state index contributed by atoms with van der Waals surface area (Å²) < 4.78 is 2.05. The Balaban J connectivity index is 1.92. The van der Waals surface area contributed by atoms with Gasteiger partial charge in [0.05, 0.1) is 11.0 Å². The fraction of sp³-hybridized carbons (Fsp3) is 0.250. The summed E-state index contributed by atoms with van der Waals surface area (Å²) in [5.74, 6) is 0.531. The van der Waals surface area contributed by atoms with E-state index in [2.05, 4.69) is 91.2 Å². The van der Waals surface area contributed by atoms with Crippen LogP contribution >= 0.6 is 0 Å². The topological polar surface area (TPSA) is 20.7 Å². The maximum absolute atomic E-state index is 3.34. The van der Waals surface area contributed by atoms with Crippen LogP contribution in [0.2, 0.25) is 0 Å². The van der Waals surface area contributed by atoms with E-state index in [4.69, 9.17) is 0 Å². The van der Waals surface area contributed by atoms with Crippen molar-refractivity contribution in [1.29, 1.82) is 0 Å². The van der Waals surface area contributed by atoms with Crippen molar-refractivity contribution >= 4 is 11.0 Å². The summed E-state index contributed by atoms with van der Waals surface area (Å²) in [6.07, 6.45) is 1.03. The molecule has 2 nitrogen and oxygen atoms in total. The zero-order valence-electron chi connectivity index (χ0n) is 16.0. The molecule has 0 radical (unpaired) electrons. The van der Waals surface area contributed by atoms with Gasteiger partial charge in [0.2, 0.25) is 0 Å². The number of aromatic amines is 1. The smallest absolute Gasteiger partial charge is 0.0818 e. The summed E-state index contributed by atoms with van der Waals surface area (Å²) in [4.78, 5) is 0. The molecule has 0 aliphatic heterocycles. The molecule has 0 aliphatic rings. The molecule has 132 valence electrons. The highest BCUT2D eigenvalue weighted by atomic mass is 15.3. The highest BCUT2D eigenvalue weighted by molar-refractivity contribution is 5.90. The molecule has 1 aromatic heterocycles. The van der Waals surface area contributed by atoms with Gasteiger partial charge >= 0.3 is 0 Å². The third kappa shape index (κ3) is 2.76. The van der Waals surface area contributed by atoms with Crippen LogP contribution in [0.1, 0.15) is 37.8 Å². The fourth-order valence-electron chi connectivity index (χ4n) is 3.80. The molecule has 2 heteroatoms. The Bertz CT molecular complexity index is 1060. The van der Waals surface area contributed by atoms with Gasteiger partial charge in [0.1, 0.15) is 0 Å². The molecule has 1 N–H and O–H groups in total. The second-order valence-corrected chi connectivity index (χ2v) is 7.38. The molecule has 0 fully saturated rings. The quantitative estimate of drug-likeness (QED) is 0.435. The molecule has 0 aliphatic carbocycles. The highest BCUT2D eigenvalue weighted by Crippen LogP contribution is 2.37. The summed E-state index contributed by atoms with van der Waals surface area (Å²) in [6.45, 7) is 6.75. The van der Waals surface area contributed by atoms with Gasteiger partial charge in [0.25, 0.3) is 0 Å². The van der Waals surface area contributed by atoms with Crippen molar-refractivity contribution < 1.29 is 0 Å². The fourth-order valence-corrected chi connectivity index (χ4v) is 3.80. The molecule has 0 amide bonds. The number of aryl methyl sites for hydroxylation is 2. The van der Waals surface area contributed by atoms with Crippen LogP contribution in [0, 0.1) is 0 Å². The minimum absolute atomic E-state index is 0.531. The molecule has 4 rings (SSSR count). The lowest BCUT2D eigenvalue weighted by Crippen LogP contribution is -2.04. The minimum Gasteiger partial charge on any atom is -0.296 e. The van der Waals surface area contributed by atoms with E-state index in [1.54, 1.807) is 0 Å². The number of nitrogens with zero attached hydrogens (tertiary/aromatic N) is 1. The highest BCUT2D eigenvalue weighted by Gasteiger charge is 2.14. The van der Waals surface area contributed by atoms with E-state index >= 15 is 0 Å². The maximum Gasteiger partial charge on any atom is 0.0818 e. The van der Waals surface area contributed by atoms with Gasteiger partial charge in [-0.15, -0.1) is 0 Å². The van der Waals surface area contributed by atoms with Gasteiger partial charge in [-0.3, -0.25) is 9.78 Å². The van der Waals surface area contributed by atoms with E-state index in [1.165, 1.54) is 44.4 Å². The van der Waals surface area contributed by atoms with Crippen LogP contribution in [0.3, 0.4) is 0 Å². The lowest BCUT2D eigenvalue weighted by molar-refractivity contribution is 0.762. The van der Waals surface area contributed by atoms with Crippen LogP contribution in [0.25, 0.3) is 33.3 Å². The molecule has 4 aromatic rings. The number of hydrogen-bond acceptors (Lipinski definition) is 0. The number of rotatable bonds is 4. The first kappa shape index (κ1) is 16.7. The van der Waals surface area contributed by atoms with Gasteiger partial charge in [0.15, 0.2) is 0 Å². The maximum atomic E-state index is 3.34. The van der Waals surface area contributed by atoms with Crippen molar-refractivity contribution in [2.24, 2.45) is 7.05 Å². The largest absolute Gasteiger partial charge is 0.296 e. The van der Waals surface area contributed by atoms with E-state index in [9.17, 15) is 0 Å². The van der Waals surface area contributed by atoms with Crippen molar-refractivity contribution in [2.75, 3.05) is 0 Å². The Labute approximate surface area is 155 Å². The molecule has 0 saturated heterocycles. The molecular formula is C24H26N2. The Morgan fingerprint density at radius 3 is 2.42 bits per heavy atom. The first-order valence-corrected chi connectivity index (χ1v) is 9.45. The van der Waals surface area contributed by atoms with Crippen LogP contribution in [-0.2, 0) is 13.5 Å². The van der Waals surface area contributed by atoms with E-state index in [0.717, 1.165) is 6.42 Å². The van der Waals surface area contributed by atoms with Crippen LogP contribution in [0.15, 0.2) is 60.7 Å². The first-order chi connectivity index (χ1) is 12.6. The zero-order chi connectivity index (χ0) is 18.3. The average molecular weight is 342 g/mol. The predicted molar refractivity (Wildman–Crippen MR) is 112 cm³/mol. The van der Waals surface area contributed by atoms with Crippen molar-refractivity contribution in [3.8, 4) is 22.3 Å². The summed E-state index contributed by atoms with van der Waals surface area (Å²) in [6, 6.07) is 22.4. The minimum atomic E-state index is 0.531. The number of H-pyrrole nitrogens is 1. The predicted octanol–water partition coefficient (Wildman–Crippen LogP) is 6.53. The summed E-state index contributed by atoms with van der Waals surface area (Å²) in [5, 5.41) is 3.34. The zero-order valence-corrected chi connectivity index (χ0v) is 16.0. The SMILES string of the molecule is CCc1cccc(-c2ccc3c(c2)[nH]n3C)c1-c1cccc(C(C)C)c1. The second-order valence-electron chi connectivity index (χ2n) is 7.38. The summed E-state index contributed by atoms with van der Waals surface area (Å²) in [5.41, 5.74) is 10.5. The lowest BCUT2D eigenvalue weighted by atomic mass is 9.88. The van der Waals surface area contributed by atoms with Crippen LogP contribution in [0.4, 0.5) is 0 Å². The molecule has 3 aromatic carbocycles. The number of fused-ring (bicyclic) bond motifs is 1. The number of hydrogen-bond donors (Lipinski definition) is 1. The van der Waals surface area contributed by atoms with E-state index in [-0.39, 0.29) is 0 Å². The third-order valence-corrected chi connectivity index (χ3v) is 5.33. The van der Waals surface area contributed by atoms with Crippen molar-refractivity contribution in [1.82, 2.24) is 9.78 Å². The standard InChI is InChI=1S/C24H26N2/c1-5-17-8-7-11-21(19-12-13-23-22(15-19)25-26(23)4)24(17)20-10-6-9-18(14-20)16(2)3/h6-16,25H,5H2,1-4H3. The van der Waals surface area contributed by atoms with Gasteiger partial charge in [-0.05, 0) is 57.9 Å². The summed E-state index contributed by atoms with van der Waals surface area (Å²) >= 11 is 0. The van der Waals surface area contributed by atoms with Gasteiger partial charge < -0.3 is 0 Å². The van der Waals surface area contributed by atoms with Crippen LogP contribution in [0.5, 0.6) is 0 Å². The Morgan fingerprint density at radius 1 is 0.923 bits per heavy atom. The molecule has 0 atom stereocenters. The van der Waals surface area contributed by atoms with Crippen LogP contribution < -0.4 is 0 Å². The molecule has 1 heterocycles. The third-order valence-electron chi connectivity index (χ3n) is 5.33. The van der Waals surface area contributed by atoms with Gasteiger partial charge in [-0.25, -0.2) is 0 Å². The second kappa shape index (κ2) is 6.53. The van der Waals surface area contributed by atoms with Gasteiger partial charge in [-0.1, -0.05) is 69.3 Å². The Morgan fingerprint density at radius 2 is 1.73 bits per heavy atom. The Kier molecular flexibility index (Phi) is 4.20. The molecule has 0 saturated carbocycles. The van der Waals surface area contributed by atoms with Gasteiger partial charge in [-0.2, -0.15) is 0 Å². The molecule has 0 unspecified atom stereocenters. The van der Waals surface area contributed by atoms with Crippen molar-refractivity contribution in [3.05, 3.63) is 71.8 Å². The van der Waals surface area contributed by atoms with E-state index < -0.39 is 0 Å². The number of nitrogens with one attached hydrogen (secondary N) is 1.